The Hall–Kier alpha value is -3.94. The number of carboxylic acids is 2. The zero-order chi connectivity index (χ0) is 28.5. The number of hydrogen-bond acceptors (Lipinski definition) is 4. The third kappa shape index (κ3) is 8.04. The van der Waals surface area contributed by atoms with Crippen LogP contribution in [0.2, 0.25) is 10.0 Å². The second-order valence-corrected chi connectivity index (χ2v) is 10.0. The molecule has 0 aliphatic carbocycles. The molecular formula is C31H29Cl2NO6. The molecule has 0 saturated heterocycles. The molecule has 0 spiro atoms. The highest BCUT2D eigenvalue weighted by Crippen LogP contribution is 2.29. The van der Waals surface area contributed by atoms with Gasteiger partial charge in [0.1, 0.15) is 18.0 Å². The molecular weight excluding hydrogens is 553 g/mol. The number of fused-ring (bicyclic) bond motifs is 1. The normalized spacial score (nSPS) is 11.2. The first-order chi connectivity index (χ1) is 19.3. The molecule has 0 radical (unpaired) electrons. The molecule has 3 aromatic carbocycles. The molecule has 0 saturated carbocycles. The fourth-order valence-electron chi connectivity index (χ4n) is 4.38. The molecule has 208 valence electrons. The molecule has 9 heteroatoms. The van der Waals surface area contributed by atoms with E-state index in [2.05, 4.69) is 0 Å². The number of aryl methyl sites for hydroxylation is 1. The van der Waals surface area contributed by atoms with Gasteiger partial charge >= 0.3 is 11.9 Å². The van der Waals surface area contributed by atoms with Crippen LogP contribution in [0, 0.1) is 0 Å². The fourth-order valence-corrected chi connectivity index (χ4v) is 4.84. The van der Waals surface area contributed by atoms with Crippen LogP contribution in [-0.2, 0) is 22.6 Å². The number of hydrogen-bond donors (Lipinski definition) is 2. The van der Waals surface area contributed by atoms with Gasteiger partial charge in [-0.25, -0.2) is 0 Å². The highest BCUT2D eigenvalue weighted by Gasteiger charge is 2.13. The minimum atomic E-state index is -0.941. The summed E-state index contributed by atoms with van der Waals surface area (Å²) >= 11 is 12.0. The third-order valence-corrected chi connectivity index (χ3v) is 6.73. The van der Waals surface area contributed by atoms with Crippen LogP contribution < -0.4 is 9.47 Å². The smallest absolute Gasteiger partial charge is 0.323 e. The van der Waals surface area contributed by atoms with Crippen molar-refractivity contribution in [2.24, 2.45) is 0 Å². The number of aliphatic carboxylic acids is 2. The van der Waals surface area contributed by atoms with E-state index in [0.717, 1.165) is 33.3 Å². The monoisotopic (exact) mass is 581 g/mol. The maximum absolute atomic E-state index is 11.5. The summed E-state index contributed by atoms with van der Waals surface area (Å²) in [7, 11) is 0. The van der Waals surface area contributed by atoms with E-state index in [9.17, 15) is 14.7 Å². The summed E-state index contributed by atoms with van der Waals surface area (Å²) in [6.45, 7) is 0.764. The Morgan fingerprint density at radius 2 is 1.65 bits per heavy atom. The van der Waals surface area contributed by atoms with Crippen molar-refractivity contribution in [2.45, 2.75) is 32.2 Å². The Morgan fingerprint density at radius 3 is 2.38 bits per heavy atom. The van der Waals surface area contributed by atoms with Crippen LogP contribution in [0.15, 0.2) is 66.9 Å². The van der Waals surface area contributed by atoms with Crippen LogP contribution in [0.5, 0.6) is 11.5 Å². The average Bonchev–Trinajstić information content (AvgIpc) is 3.26. The lowest BCUT2D eigenvalue weighted by molar-refractivity contribution is -0.138. The van der Waals surface area contributed by atoms with Crippen molar-refractivity contribution in [3.05, 3.63) is 93.6 Å². The van der Waals surface area contributed by atoms with Crippen molar-refractivity contribution in [3.63, 3.8) is 0 Å². The van der Waals surface area contributed by atoms with Crippen LogP contribution in [0.25, 0.3) is 23.1 Å². The summed E-state index contributed by atoms with van der Waals surface area (Å²) in [6.07, 6.45) is 7.53. The number of carbonyl (C=O) groups is 2. The Bertz CT molecular complexity index is 1510. The van der Waals surface area contributed by atoms with Gasteiger partial charge in [0.2, 0.25) is 0 Å². The molecule has 1 heterocycles. The topological polar surface area (TPSA) is 98.0 Å². The van der Waals surface area contributed by atoms with E-state index in [4.69, 9.17) is 37.8 Å². The van der Waals surface area contributed by atoms with Gasteiger partial charge in [-0.1, -0.05) is 65.7 Å². The van der Waals surface area contributed by atoms with Crippen molar-refractivity contribution in [2.75, 3.05) is 13.2 Å². The molecule has 7 nitrogen and oxygen atoms in total. The Kier molecular flexibility index (Phi) is 10.1. The SMILES string of the molecule is O=C(O)CCCc1cn(CC(=O)O)c2c(C=Cc3ccc(OCCCOc4ccc(Cl)cc4Cl)cc3)cccc12. The Morgan fingerprint density at radius 1 is 0.875 bits per heavy atom. The maximum Gasteiger partial charge on any atom is 0.323 e. The zero-order valence-electron chi connectivity index (χ0n) is 21.7. The molecule has 0 amide bonds. The Labute approximate surface area is 242 Å². The number of carboxylic acid groups (broad SMARTS) is 2. The van der Waals surface area contributed by atoms with Gasteiger partial charge in [0.05, 0.1) is 23.8 Å². The highest BCUT2D eigenvalue weighted by molar-refractivity contribution is 6.35. The third-order valence-electron chi connectivity index (χ3n) is 6.20. The number of rotatable bonds is 14. The summed E-state index contributed by atoms with van der Waals surface area (Å²) in [5.74, 6) is -0.459. The van der Waals surface area contributed by atoms with Crippen LogP contribution in [0.1, 0.15) is 36.0 Å². The summed E-state index contributed by atoms with van der Waals surface area (Å²) in [6, 6.07) is 18.6. The van der Waals surface area contributed by atoms with Crippen LogP contribution in [-0.4, -0.2) is 39.9 Å². The molecule has 0 aliphatic heterocycles. The van der Waals surface area contributed by atoms with Crippen molar-refractivity contribution < 1.29 is 29.3 Å². The van der Waals surface area contributed by atoms with Crippen molar-refractivity contribution >= 4 is 58.2 Å². The summed E-state index contributed by atoms with van der Waals surface area (Å²) < 4.78 is 13.2. The largest absolute Gasteiger partial charge is 0.493 e. The molecule has 2 N–H and O–H groups in total. The number of ether oxygens (including phenoxy) is 2. The van der Waals surface area contributed by atoms with Gasteiger partial charge in [0.25, 0.3) is 0 Å². The lowest BCUT2D eigenvalue weighted by Crippen LogP contribution is -2.07. The molecule has 4 aromatic rings. The lowest BCUT2D eigenvalue weighted by atomic mass is 10.0. The standard InChI is InChI=1S/C31H29Cl2NO6/c32-24-12-15-28(27(33)18-24)40-17-3-16-39-25-13-9-21(10-14-25)8-11-22-4-1-6-26-23(5-2-7-29(35)36)19-34(31(22)26)20-30(37)38/h1,4,6,8-15,18-19H,2-3,5,7,16-17,20H2,(H,35,36)(H,37,38). The predicted octanol–water partition coefficient (Wildman–Crippen LogP) is 7.46. The van der Waals surface area contributed by atoms with E-state index in [-0.39, 0.29) is 13.0 Å². The van der Waals surface area contributed by atoms with Crippen molar-refractivity contribution in [1.82, 2.24) is 4.57 Å². The van der Waals surface area contributed by atoms with Gasteiger partial charge in [-0.2, -0.15) is 0 Å². The van der Waals surface area contributed by atoms with E-state index in [1.165, 1.54) is 0 Å². The summed E-state index contributed by atoms with van der Waals surface area (Å²) in [4.78, 5) is 22.4. The van der Waals surface area contributed by atoms with E-state index < -0.39 is 11.9 Å². The maximum atomic E-state index is 11.5. The van der Waals surface area contributed by atoms with E-state index >= 15 is 0 Å². The fraction of sp³-hybridized carbons (Fsp3) is 0.226. The number of para-hydroxylation sites is 1. The first-order valence-electron chi connectivity index (χ1n) is 12.8. The number of aromatic nitrogens is 1. The molecule has 4 rings (SSSR count). The van der Waals surface area contributed by atoms with Crippen molar-refractivity contribution in [1.29, 1.82) is 0 Å². The highest BCUT2D eigenvalue weighted by atomic mass is 35.5. The number of nitrogens with zero attached hydrogens (tertiary/aromatic N) is 1. The molecule has 0 atom stereocenters. The van der Waals surface area contributed by atoms with Gasteiger partial charge in [-0.05, 0) is 59.9 Å². The van der Waals surface area contributed by atoms with Gasteiger partial charge in [0.15, 0.2) is 0 Å². The van der Waals surface area contributed by atoms with Crippen molar-refractivity contribution in [3.8, 4) is 11.5 Å². The Balaban J connectivity index is 1.37. The van der Waals surface area contributed by atoms with Crippen LogP contribution >= 0.6 is 23.2 Å². The zero-order valence-corrected chi connectivity index (χ0v) is 23.2. The van der Waals surface area contributed by atoms with E-state index in [0.29, 0.717) is 48.3 Å². The minimum absolute atomic E-state index is 0.0664. The quantitative estimate of drug-likeness (QED) is 0.118. The van der Waals surface area contributed by atoms with Gasteiger partial charge in [-0.15, -0.1) is 0 Å². The average molecular weight is 582 g/mol. The second-order valence-electron chi connectivity index (χ2n) is 9.19. The molecule has 0 unspecified atom stereocenters. The minimum Gasteiger partial charge on any atom is -0.493 e. The molecule has 0 fully saturated rings. The summed E-state index contributed by atoms with van der Waals surface area (Å²) in [5, 5.41) is 20.4. The van der Waals surface area contributed by atoms with Crippen LogP contribution in [0.4, 0.5) is 0 Å². The van der Waals surface area contributed by atoms with Gasteiger partial charge in [-0.3, -0.25) is 9.59 Å². The second kappa shape index (κ2) is 13.9. The molecule has 40 heavy (non-hydrogen) atoms. The number of benzene rings is 3. The first-order valence-corrected chi connectivity index (χ1v) is 13.6. The summed E-state index contributed by atoms with van der Waals surface area (Å²) in [5.41, 5.74) is 3.59. The number of halogens is 2. The van der Waals surface area contributed by atoms with Crippen LogP contribution in [0.3, 0.4) is 0 Å². The molecule has 0 aliphatic rings. The molecule has 0 bridgehead atoms. The van der Waals surface area contributed by atoms with E-state index in [1.807, 2.05) is 60.8 Å². The first kappa shape index (κ1) is 29.1. The molecule has 1 aromatic heterocycles. The predicted molar refractivity (Wildman–Crippen MR) is 158 cm³/mol. The lowest BCUT2D eigenvalue weighted by Gasteiger charge is -2.09. The van der Waals surface area contributed by atoms with Gasteiger partial charge in [0, 0.05) is 29.4 Å². The van der Waals surface area contributed by atoms with Gasteiger partial charge < -0.3 is 24.3 Å². The van der Waals surface area contributed by atoms with E-state index in [1.54, 1.807) is 22.8 Å².